The van der Waals surface area contributed by atoms with Crippen molar-refractivity contribution in [3.8, 4) is 0 Å². The lowest BCUT2D eigenvalue weighted by molar-refractivity contribution is -0.133. The number of hydrogen-bond acceptors (Lipinski definition) is 3. The first kappa shape index (κ1) is 20.4. The summed E-state index contributed by atoms with van der Waals surface area (Å²) in [4.78, 5) is 27.1. The Balaban J connectivity index is 1.69. The summed E-state index contributed by atoms with van der Waals surface area (Å²) in [5.41, 5.74) is 7.00. The quantitative estimate of drug-likeness (QED) is 0.483. The average Bonchev–Trinajstić information content (AvgIpc) is 3.17. The van der Waals surface area contributed by atoms with Crippen molar-refractivity contribution in [2.45, 2.75) is 51.5 Å². The van der Waals surface area contributed by atoms with Gasteiger partial charge in [-0.05, 0) is 59.2 Å². The molecule has 0 spiro atoms. The molecule has 0 N–H and O–H groups in total. The van der Waals surface area contributed by atoms with E-state index < -0.39 is 0 Å². The molecule has 2 aromatic rings. The van der Waals surface area contributed by atoms with Gasteiger partial charge in [0.15, 0.2) is 0 Å². The van der Waals surface area contributed by atoms with E-state index in [1.54, 1.807) is 12.1 Å². The Kier molecular flexibility index (Phi) is 6.03. The van der Waals surface area contributed by atoms with Crippen molar-refractivity contribution >= 4 is 17.4 Å². The Morgan fingerprint density at radius 2 is 1.83 bits per heavy atom. The van der Waals surface area contributed by atoms with Gasteiger partial charge in [0.25, 0.3) is 0 Å². The van der Waals surface area contributed by atoms with Gasteiger partial charge in [-0.2, -0.15) is 0 Å². The standard InChI is InChI=1S/C26H29NO3/c1-3-4-5-10-24(28)27-16-15-22-21-9-7-6-8-20(21)17-23(22)25(27)18-11-13-19(14-12-18)26(29)30-2/h6-9,11-14,25H,3-5,10,15-17H2,1-2H3. The second-order valence-corrected chi connectivity index (χ2v) is 8.15. The number of esters is 1. The third-order valence-corrected chi connectivity index (χ3v) is 6.32. The Morgan fingerprint density at radius 1 is 1.07 bits per heavy atom. The summed E-state index contributed by atoms with van der Waals surface area (Å²) in [6, 6.07) is 16.1. The molecule has 156 valence electrons. The zero-order chi connectivity index (χ0) is 21.1. The first-order valence-corrected chi connectivity index (χ1v) is 10.9. The molecule has 1 unspecified atom stereocenters. The zero-order valence-corrected chi connectivity index (χ0v) is 17.8. The molecule has 1 aliphatic carbocycles. The number of nitrogens with zero attached hydrogens (tertiary/aromatic N) is 1. The predicted molar refractivity (Wildman–Crippen MR) is 118 cm³/mol. The minimum atomic E-state index is -0.342. The number of amides is 1. The fourth-order valence-electron chi connectivity index (χ4n) is 4.80. The largest absolute Gasteiger partial charge is 0.465 e. The Labute approximate surface area is 178 Å². The third kappa shape index (κ3) is 3.79. The van der Waals surface area contributed by atoms with Crippen LogP contribution in [0.25, 0.3) is 5.57 Å². The van der Waals surface area contributed by atoms with Gasteiger partial charge in [-0.15, -0.1) is 0 Å². The van der Waals surface area contributed by atoms with Crippen LogP contribution in [0, 0.1) is 0 Å². The molecule has 30 heavy (non-hydrogen) atoms. The smallest absolute Gasteiger partial charge is 0.337 e. The lowest BCUT2D eigenvalue weighted by Crippen LogP contribution is -2.39. The number of benzene rings is 2. The number of ether oxygens (including phenoxy) is 1. The highest BCUT2D eigenvalue weighted by molar-refractivity contribution is 5.89. The molecule has 1 aliphatic heterocycles. The highest BCUT2D eigenvalue weighted by Gasteiger charge is 2.37. The van der Waals surface area contributed by atoms with E-state index in [1.165, 1.54) is 29.4 Å². The minimum Gasteiger partial charge on any atom is -0.465 e. The lowest BCUT2D eigenvalue weighted by Gasteiger charge is -2.38. The maximum Gasteiger partial charge on any atom is 0.337 e. The number of fused-ring (bicyclic) bond motifs is 2. The Hall–Kier alpha value is -2.88. The molecule has 1 atom stereocenters. The Bertz CT molecular complexity index is 974. The molecule has 2 aromatic carbocycles. The molecule has 4 rings (SSSR count). The summed E-state index contributed by atoms with van der Waals surface area (Å²) in [7, 11) is 1.39. The van der Waals surface area contributed by atoms with Crippen LogP contribution in [-0.4, -0.2) is 30.4 Å². The molecular formula is C26H29NO3. The van der Waals surface area contributed by atoms with Crippen LogP contribution in [0.3, 0.4) is 0 Å². The van der Waals surface area contributed by atoms with Gasteiger partial charge in [-0.25, -0.2) is 4.79 Å². The third-order valence-electron chi connectivity index (χ3n) is 6.32. The molecule has 0 fully saturated rings. The van der Waals surface area contributed by atoms with Gasteiger partial charge >= 0.3 is 5.97 Å². The zero-order valence-electron chi connectivity index (χ0n) is 17.8. The molecule has 4 nitrogen and oxygen atoms in total. The van der Waals surface area contributed by atoms with Crippen molar-refractivity contribution in [1.29, 1.82) is 0 Å². The lowest BCUT2D eigenvalue weighted by atomic mass is 9.87. The van der Waals surface area contributed by atoms with Gasteiger partial charge in [0, 0.05) is 13.0 Å². The van der Waals surface area contributed by atoms with Crippen molar-refractivity contribution in [3.63, 3.8) is 0 Å². The molecular weight excluding hydrogens is 374 g/mol. The van der Waals surface area contributed by atoms with Crippen LogP contribution in [0.2, 0.25) is 0 Å². The first-order valence-electron chi connectivity index (χ1n) is 10.9. The highest BCUT2D eigenvalue weighted by atomic mass is 16.5. The van der Waals surface area contributed by atoms with E-state index in [0.717, 1.165) is 44.2 Å². The normalized spacial score (nSPS) is 17.5. The Morgan fingerprint density at radius 3 is 2.57 bits per heavy atom. The van der Waals surface area contributed by atoms with Crippen LogP contribution in [0.5, 0.6) is 0 Å². The fraction of sp³-hybridized carbons (Fsp3) is 0.385. The van der Waals surface area contributed by atoms with Crippen molar-refractivity contribution in [3.05, 3.63) is 76.4 Å². The second kappa shape index (κ2) is 8.86. The topological polar surface area (TPSA) is 46.6 Å². The van der Waals surface area contributed by atoms with E-state index in [-0.39, 0.29) is 17.9 Å². The fourth-order valence-corrected chi connectivity index (χ4v) is 4.80. The summed E-state index contributed by atoms with van der Waals surface area (Å²) in [5, 5.41) is 0. The first-order chi connectivity index (χ1) is 14.6. The summed E-state index contributed by atoms with van der Waals surface area (Å²) in [5.74, 6) is -0.112. The van der Waals surface area contributed by atoms with Crippen LogP contribution in [0.4, 0.5) is 0 Å². The van der Waals surface area contributed by atoms with Crippen molar-refractivity contribution in [2.75, 3.05) is 13.7 Å². The van der Waals surface area contributed by atoms with Gasteiger partial charge in [0.2, 0.25) is 5.91 Å². The number of hydrogen-bond donors (Lipinski definition) is 0. The van der Waals surface area contributed by atoms with Crippen molar-refractivity contribution in [1.82, 2.24) is 4.90 Å². The molecule has 1 amide bonds. The number of methoxy groups -OCH3 is 1. The van der Waals surface area contributed by atoms with E-state index in [4.69, 9.17) is 4.74 Å². The number of unbranched alkanes of at least 4 members (excludes halogenated alkanes) is 2. The number of carbonyl (C=O) groups excluding carboxylic acids is 2. The van der Waals surface area contributed by atoms with E-state index in [1.807, 2.05) is 12.1 Å². The van der Waals surface area contributed by atoms with E-state index in [2.05, 4.69) is 36.1 Å². The SMILES string of the molecule is CCCCCC(=O)N1CCC2=C(Cc3ccccc32)C1c1ccc(C(=O)OC)cc1. The number of rotatable bonds is 6. The summed E-state index contributed by atoms with van der Waals surface area (Å²) < 4.78 is 4.83. The van der Waals surface area contributed by atoms with Gasteiger partial charge in [-0.1, -0.05) is 56.2 Å². The molecule has 1 heterocycles. The predicted octanol–water partition coefficient (Wildman–Crippen LogP) is 5.34. The molecule has 4 heteroatoms. The number of carbonyl (C=O) groups is 2. The highest BCUT2D eigenvalue weighted by Crippen LogP contribution is 2.46. The molecule has 0 saturated carbocycles. The molecule has 2 aliphatic rings. The summed E-state index contributed by atoms with van der Waals surface area (Å²) >= 11 is 0. The summed E-state index contributed by atoms with van der Waals surface area (Å²) in [6.45, 7) is 2.89. The van der Waals surface area contributed by atoms with Crippen LogP contribution in [0.15, 0.2) is 54.1 Å². The van der Waals surface area contributed by atoms with E-state index in [0.29, 0.717) is 12.0 Å². The monoisotopic (exact) mass is 403 g/mol. The summed E-state index contributed by atoms with van der Waals surface area (Å²) in [6.07, 6.45) is 5.51. The maximum absolute atomic E-state index is 13.2. The van der Waals surface area contributed by atoms with Crippen molar-refractivity contribution < 1.29 is 14.3 Å². The van der Waals surface area contributed by atoms with Crippen LogP contribution >= 0.6 is 0 Å². The van der Waals surface area contributed by atoms with Gasteiger partial charge in [0.1, 0.15) is 0 Å². The average molecular weight is 404 g/mol. The van der Waals surface area contributed by atoms with Crippen LogP contribution < -0.4 is 0 Å². The van der Waals surface area contributed by atoms with Crippen molar-refractivity contribution in [2.24, 2.45) is 0 Å². The van der Waals surface area contributed by atoms with Crippen LogP contribution in [0.1, 0.15) is 72.1 Å². The molecule has 0 bridgehead atoms. The van der Waals surface area contributed by atoms with E-state index in [9.17, 15) is 9.59 Å². The molecule has 0 saturated heterocycles. The van der Waals surface area contributed by atoms with E-state index >= 15 is 0 Å². The maximum atomic E-state index is 13.2. The van der Waals surface area contributed by atoms with Gasteiger partial charge < -0.3 is 9.64 Å². The second-order valence-electron chi connectivity index (χ2n) is 8.15. The van der Waals surface area contributed by atoms with Gasteiger partial charge in [-0.3, -0.25) is 4.79 Å². The minimum absolute atomic E-state index is 0.0676. The van der Waals surface area contributed by atoms with Crippen LogP contribution in [-0.2, 0) is 16.0 Å². The molecule has 0 radical (unpaired) electrons. The molecule has 0 aromatic heterocycles. The van der Waals surface area contributed by atoms with Gasteiger partial charge in [0.05, 0.1) is 18.7 Å².